The first-order chi connectivity index (χ1) is 9.95. The molecule has 0 aromatic heterocycles. The highest BCUT2D eigenvalue weighted by Crippen LogP contribution is 2.07. The first-order valence-corrected chi connectivity index (χ1v) is 7.61. The standard InChI is InChI=1S/C17H30N4.HI/c1-17(2,21(4)5)14-20-16(18-3)19-13-9-12-15-10-7-6-8-11-15;/h6-8,10-11H,9,12-14H2,1-5H3,(H2,18,19,20);1H. The number of benzene rings is 1. The van der Waals surface area contributed by atoms with E-state index in [0.29, 0.717) is 0 Å². The smallest absolute Gasteiger partial charge is 0.191 e. The minimum Gasteiger partial charge on any atom is -0.356 e. The van der Waals surface area contributed by atoms with E-state index >= 15 is 0 Å². The zero-order valence-electron chi connectivity index (χ0n) is 14.5. The fourth-order valence-corrected chi connectivity index (χ4v) is 1.82. The van der Waals surface area contributed by atoms with Crippen LogP contribution in [-0.4, -0.2) is 50.6 Å². The molecule has 0 bridgehead atoms. The van der Waals surface area contributed by atoms with Crippen LogP contribution in [0.25, 0.3) is 0 Å². The fourth-order valence-electron chi connectivity index (χ4n) is 1.82. The van der Waals surface area contributed by atoms with Crippen molar-refractivity contribution in [3.05, 3.63) is 35.9 Å². The van der Waals surface area contributed by atoms with Gasteiger partial charge in [0.05, 0.1) is 0 Å². The molecule has 2 N–H and O–H groups in total. The SMILES string of the molecule is CN=C(NCCCc1ccccc1)NCC(C)(C)N(C)C.I. The zero-order valence-corrected chi connectivity index (χ0v) is 16.8. The first-order valence-electron chi connectivity index (χ1n) is 7.61. The maximum absolute atomic E-state index is 4.27. The topological polar surface area (TPSA) is 39.7 Å². The molecule has 0 radical (unpaired) electrons. The van der Waals surface area contributed by atoms with E-state index in [1.807, 2.05) is 7.05 Å². The van der Waals surface area contributed by atoms with E-state index in [9.17, 15) is 0 Å². The summed E-state index contributed by atoms with van der Waals surface area (Å²) in [7, 11) is 6.00. The van der Waals surface area contributed by atoms with Crippen LogP contribution in [0.3, 0.4) is 0 Å². The number of halogens is 1. The lowest BCUT2D eigenvalue weighted by atomic mass is 10.0. The van der Waals surface area contributed by atoms with Gasteiger partial charge in [-0.1, -0.05) is 30.3 Å². The third kappa shape index (κ3) is 7.98. The summed E-state index contributed by atoms with van der Waals surface area (Å²) in [6, 6.07) is 10.6. The number of guanidine groups is 1. The van der Waals surface area contributed by atoms with Crippen molar-refractivity contribution in [1.82, 2.24) is 15.5 Å². The Morgan fingerprint density at radius 3 is 2.32 bits per heavy atom. The lowest BCUT2D eigenvalue weighted by Crippen LogP contribution is -2.50. The van der Waals surface area contributed by atoms with Crippen LogP contribution >= 0.6 is 24.0 Å². The van der Waals surface area contributed by atoms with Gasteiger partial charge in [0.25, 0.3) is 0 Å². The predicted octanol–water partition coefficient (Wildman–Crippen LogP) is 2.74. The lowest BCUT2D eigenvalue weighted by Gasteiger charge is -2.33. The molecule has 22 heavy (non-hydrogen) atoms. The van der Waals surface area contributed by atoms with E-state index in [1.165, 1.54) is 5.56 Å². The minimum atomic E-state index is 0. The van der Waals surface area contributed by atoms with Crippen molar-refractivity contribution in [3.63, 3.8) is 0 Å². The van der Waals surface area contributed by atoms with Gasteiger partial charge in [0.1, 0.15) is 0 Å². The van der Waals surface area contributed by atoms with Crippen molar-refractivity contribution < 1.29 is 0 Å². The minimum absolute atomic E-state index is 0. The molecule has 0 unspecified atom stereocenters. The Hall–Kier alpha value is -0.820. The molecule has 0 atom stereocenters. The first kappa shape index (κ1) is 21.2. The molecule has 0 aliphatic carbocycles. The lowest BCUT2D eigenvalue weighted by molar-refractivity contribution is 0.197. The number of nitrogens with zero attached hydrogens (tertiary/aromatic N) is 2. The van der Waals surface area contributed by atoms with Crippen molar-refractivity contribution in [2.75, 3.05) is 34.2 Å². The average Bonchev–Trinajstić information content (AvgIpc) is 2.47. The number of rotatable bonds is 7. The van der Waals surface area contributed by atoms with Gasteiger partial charge in [-0.2, -0.15) is 0 Å². The van der Waals surface area contributed by atoms with E-state index in [2.05, 4.69) is 78.8 Å². The summed E-state index contributed by atoms with van der Waals surface area (Å²) in [5.41, 5.74) is 1.48. The average molecular weight is 418 g/mol. The van der Waals surface area contributed by atoms with Crippen LogP contribution in [0.2, 0.25) is 0 Å². The Labute approximate surface area is 152 Å². The van der Waals surface area contributed by atoms with Gasteiger partial charge >= 0.3 is 0 Å². The molecule has 0 heterocycles. The van der Waals surface area contributed by atoms with Gasteiger partial charge in [0.15, 0.2) is 5.96 Å². The van der Waals surface area contributed by atoms with Crippen LogP contribution in [-0.2, 0) is 6.42 Å². The number of aryl methyl sites for hydroxylation is 1. The summed E-state index contributed by atoms with van der Waals surface area (Å²) in [6.45, 7) is 6.21. The molecule has 1 aromatic rings. The second kappa shape index (κ2) is 10.8. The van der Waals surface area contributed by atoms with Crippen LogP contribution in [0.5, 0.6) is 0 Å². The maximum Gasteiger partial charge on any atom is 0.191 e. The Morgan fingerprint density at radius 2 is 1.77 bits per heavy atom. The molecule has 0 spiro atoms. The van der Waals surface area contributed by atoms with Crippen molar-refractivity contribution in [3.8, 4) is 0 Å². The van der Waals surface area contributed by atoms with E-state index in [0.717, 1.165) is 31.9 Å². The van der Waals surface area contributed by atoms with Gasteiger partial charge in [-0.15, -0.1) is 24.0 Å². The number of aliphatic imine (C=N–C) groups is 1. The van der Waals surface area contributed by atoms with Crippen LogP contribution in [0.4, 0.5) is 0 Å². The molecule has 0 saturated heterocycles. The van der Waals surface area contributed by atoms with E-state index < -0.39 is 0 Å². The quantitative estimate of drug-likeness (QED) is 0.310. The van der Waals surface area contributed by atoms with Crippen molar-refractivity contribution in [2.45, 2.75) is 32.2 Å². The Bertz CT molecular complexity index is 430. The third-order valence-electron chi connectivity index (χ3n) is 3.90. The predicted molar refractivity (Wildman–Crippen MR) is 107 cm³/mol. The Morgan fingerprint density at radius 1 is 1.14 bits per heavy atom. The molecular weight excluding hydrogens is 387 g/mol. The maximum atomic E-state index is 4.27. The largest absolute Gasteiger partial charge is 0.356 e. The van der Waals surface area contributed by atoms with Gasteiger partial charge in [-0.05, 0) is 46.3 Å². The second-order valence-corrected chi connectivity index (χ2v) is 6.15. The fraction of sp³-hybridized carbons (Fsp3) is 0.588. The van der Waals surface area contributed by atoms with Crippen LogP contribution in [0, 0.1) is 0 Å². The van der Waals surface area contributed by atoms with Crippen LogP contribution in [0.1, 0.15) is 25.8 Å². The Balaban J connectivity index is 0.00000441. The molecule has 1 rings (SSSR count). The van der Waals surface area contributed by atoms with Crippen molar-refractivity contribution in [2.24, 2.45) is 4.99 Å². The summed E-state index contributed by atoms with van der Waals surface area (Å²) >= 11 is 0. The van der Waals surface area contributed by atoms with E-state index in [4.69, 9.17) is 0 Å². The molecule has 0 aliphatic rings. The summed E-state index contributed by atoms with van der Waals surface area (Å²) in [5, 5.41) is 6.76. The molecule has 0 saturated carbocycles. The number of nitrogens with one attached hydrogen (secondary N) is 2. The second-order valence-electron chi connectivity index (χ2n) is 6.15. The molecule has 5 heteroatoms. The molecule has 126 valence electrons. The summed E-state index contributed by atoms with van der Waals surface area (Å²) in [6.07, 6.45) is 2.19. The molecule has 0 fully saturated rings. The number of likely N-dealkylation sites (N-methyl/N-ethyl adjacent to an activating group) is 1. The van der Waals surface area contributed by atoms with E-state index in [-0.39, 0.29) is 29.5 Å². The van der Waals surface area contributed by atoms with E-state index in [1.54, 1.807) is 0 Å². The van der Waals surface area contributed by atoms with Gasteiger partial charge in [-0.3, -0.25) is 4.99 Å². The summed E-state index contributed by atoms with van der Waals surface area (Å²) in [4.78, 5) is 6.48. The van der Waals surface area contributed by atoms with Crippen molar-refractivity contribution in [1.29, 1.82) is 0 Å². The van der Waals surface area contributed by atoms with Crippen LogP contribution < -0.4 is 10.6 Å². The molecule has 4 nitrogen and oxygen atoms in total. The third-order valence-corrected chi connectivity index (χ3v) is 3.90. The summed E-state index contributed by atoms with van der Waals surface area (Å²) in [5.74, 6) is 0.873. The highest BCUT2D eigenvalue weighted by atomic mass is 127. The van der Waals surface area contributed by atoms with Gasteiger partial charge in [0, 0.05) is 25.7 Å². The van der Waals surface area contributed by atoms with Gasteiger partial charge in [-0.25, -0.2) is 0 Å². The molecular formula is C17H31IN4. The monoisotopic (exact) mass is 418 g/mol. The number of hydrogen-bond donors (Lipinski definition) is 2. The molecule has 1 aromatic carbocycles. The number of hydrogen-bond acceptors (Lipinski definition) is 2. The summed E-state index contributed by atoms with van der Waals surface area (Å²) < 4.78 is 0. The highest BCUT2D eigenvalue weighted by molar-refractivity contribution is 14.0. The van der Waals surface area contributed by atoms with Gasteiger partial charge in [0.2, 0.25) is 0 Å². The molecule has 0 amide bonds. The van der Waals surface area contributed by atoms with Gasteiger partial charge < -0.3 is 15.5 Å². The van der Waals surface area contributed by atoms with Crippen LogP contribution in [0.15, 0.2) is 35.3 Å². The molecule has 0 aliphatic heterocycles. The Kier molecular flexibility index (Phi) is 10.4. The normalized spacial score (nSPS) is 12.0. The highest BCUT2D eigenvalue weighted by Gasteiger charge is 2.20. The van der Waals surface area contributed by atoms with Crippen molar-refractivity contribution >= 4 is 29.9 Å². The zero-order chi connectivity index (χ0) is 15.7.